The van der Waals surface area contributed by atoms with Gasteiger partial charge >= 0.3 is 0 Å². The van der Waals surface area contributed by atoms with E-state index in [0.717, 1.165) is 0 Å². The molecule has 0 fully saturated rings. The number of methoxy groups -OCH3 is 1. The summed E-state index contributed by atoms with van der Waals surface area (Å²) in [6.45, 7) is 2.40. The van der Waals surface area contributed by atoms with Crippen molar-refractivity contribution in [3.8, 4) is 0 Å². The van der Waals surface area contributed by atoms with Crippen molar-refractivity contribution in [1.29, 1.82) is 0 Å². The molecule has 3 N–H and O–H groups in total. The highest BCUT2D eigenvalue weighted by Crippen LogP contribution is 2.14. The molecule has 0 atom stereocenters. The molecule has 0 unspecified atom stereocenters. The number of hydrogen-bond acceptors (Lipinski definition) is 5. The van der Waals surface area contributed by atoms with Crippen molar-refractivity contribution >= 4 is 28.4 Å². The summed E-state index contributed by atoms with van der Waals surface area (Å²) >= 11 is 1.98. The Morgan fingerprint density at radius 1 is 1.62 bits per heavy atom. The molecule has 16 heavy (non-hydrogen) atoms. The lowest BCUT2D eigenvalue weighted by Gasteiger charge is -2.23. The molecular weight excluding hydrogens is 323 g/mol. The van der Waals surface area contributed by atoms with Crippen LogP contribution in [0.3, 0.4) is 0 Å². The van der Waals surface area contributed by atoms with Crippen LogP contribution in [-0.2, 0) is 4.74 Å². The SMILES string of the molecule is COCCN(CCN)c1nc[nH]c(=O)c1I. The topological polar surface area (TPSA) is 84.2 Å². The number of halogens is 1. The summed E-state index contributed by atoms with van der Waals surface area (Å²) in [5.41, 5.74) is 5.39. The molecule has 90 valence electrons. The molecule has 0 saturated heterocycles. The number of nitrogens with two attached hydrogens (primary N) is 1. The molecular formula is C9H15IN4O2. The van der Waals surface area contributed by atoms with E-state index in [1.807, 2.05) is 27.5 Å². The van der Waals surface area contributed by atoms with Gasteiger partial charge in [-0.2, -0.15) is 0 Å². The van der Waals surface area contributed by atoms with Crippen LogP contribution in [-0.4, -0.2) is 43.3 Å². The minimum absolute atomic E-state index is 0.134. The largest absolute Gasteiger partial charge is 0.383 e. The Morgan fingerprint density at radius 3 is 3.00 bits per heavy atom. The first-order chi connectivity index (χ1) is 7.70. The monoisotopic (exact) mass is 338 g/mol. The van der Waals surface area contributed by atoms with E-state index in [2.05, 4.69) is 9.97 Å². The normalized spacial score (nSPS) is 10.4. The molecule has 0 aliphatic rings. The van der Waals surface area contributed by atoms with Gasteiger partial charge in [0.15, 0.2) is 0 Å². The first kappa shape index (κ1) is 13.4. The Hall–Kier alpha value is -0.670. The zero-order chi connectivity index (χ0) is 12.0. The number of hydrogen-bond donors (Lipinski definition) is 2. The highest BCUT2D eigenvalue weighted by atomic mass is 127. The van der Waals surface area contributed by atoms with Crippen molar-refractivity contribution in [2.75, 3.05) is 38.3 Å². The van der Waals surface area contributed by atoms with Crippen LogP contribution in [0.5, 0.6) is 0 Å². The summed E-state index contributed by atoms with van der Waals surface area (Å²) in [6, 6.07) is 0. The quantitative estimate of drug-likeness (QED) is 0.701. The molecule has 6 nitrogen and oxygen atoms in total. The molecule has 0 aromatic carbocycles. The molecule has 0 amide bonds. The van der Waals surface area contributed by atoms with E-state index in [9.17, 15) is 4.79 Å². The van der Waals surface area contributed by atoms with Crippen LogP contribution in [0.1, 0.15) is 0 Å². The molecule has 0 aliphatic heterocycles. The molecule has 0 aliphatic carbocycles. The fourth-order valence-electron chi connectivity index (χ4n) is 1.28. The predicted molar refractivity (Wildman–Crippen MR) is 70.7 cm³/mol. The van der Waals surface area contributed by atoms with Gasteiger partial charge in [0.05, 0.1) is 12.9 Å². The zero-order valence-electron chi connectivity index (χ0n) is 9.07. The number of nitrogens with zero attached hydrogens (tertiary/aromatic N) is 2. The maximum absolute atomic E-state index is 11.4. The fourth-order valence-corrected chi connectivity index (χ4v) is 1.91. The minimum Gasteiger partial charge on any atom is -0.383 e. The number of anilines is 1. The average molecular weight is 338 g/mol. The first-order valence-electron chi connectivity index (χ1n) is 4.87. The van der Waals surface area contributed by atoms with Crippen LogP contribution in [0.25, 0.3) is 0 Å². The van der Waals surface area contributed by atoms with Crippen molar-refractivity contribution in [3.63, 3.8) is 0 Å². The second-order valence-corrected chi connectivity index (χ2v) is 4.22. The molecule has 1 heterocycles. The van der Waals surface area contributed by atoms with Crippen LogP contribution in [0.2, 0.25) is 0 Å². The fraction of sp³-hybridized carbons (Fsp3) is 0.556. The minimum atomic E-state index is -0.134. The Bertz CT molecular complexity index is 382. The zero-order valence-corrected chi connectivity index (χ0v) is 11.2. The predicted octanol–water partition coefficient (Wildman–Crippen LogP) is -0.214. The van der Waals surface area contributed by atoms with Crippen molar-refractivity contribution in [2.45, 2.75) is 0 Å². The summed E-state index contributed by atoms with van der Waals surface area (Å²) in [4.78, 5) is 20.1. The van der Waals surface area contributed by atoms with Gasteiger partial charge in [-0.1, -0.05) is 0 Å². The molecule has 7 heteroatoms. The van der Waals surface area contributed by atoms with E-state index in [-0.39, 0.29) is 5.56 Å². The van der Waals surface area contributed by atoms with Gasteiger partial charge in [0.2, 0.25) is 0 Å². The summed E-state index contributed by atoms with van der Waals surface area (Å²) < 4.78 is 5.59. The molecule has 1 aromatic heterocycles. The van der Waals surface area contributed by atoms with Gasteiger partial charge < -0.3 is 20.4 Å². The third-order valence-corrected chi connectivity index (χ3v) is 3.01. The van der Waals surface area contributed by atoms with Gasteiger partial charge in [0, 0.05) is 26.7 Å². The van der Waals surface area contributed by atoms with E-state index < -0.39 is 0 Å². The number of H-pyrrole nitrogens is 1. The molecule has 0 spiro atoms. The molecule has 0 saturated carbocycles. The van der Waals surface area contributed by atoms with Crippen LogP contribution in [0.4, 0.5) is 5.82 Å². The lowest BCUT2D eigenvalue weighted by molar-refractivity contribution is 0.205. The van der Waals surface area contributed by atoms with E-state index in [1.165, 1.54) is 6.33 Å². The van der Waals surface area contributed by atoms with Crippen molar-refractivity contribution < 1.29 is 4.74 Å². The van der Waals surface area contributed by atoms with Crippen LogP contribution >= 0.6 is 22.6 Å². The maximum atomic E-state index is 11.4. The van der Waals surface area contributed by atoms with Gasteiger partial charge in [-0.25, -0.2) is 4.98 Å². The molecule has 1 aromatic rings. The average Bonchev–Trinajstić information content (AvgIpc) is 2.28. The highest BCUT2D eigenvalue weighted by Gasteiger charge is 2.12. The third kappa shape index (κ3) is 3.42. The van der Waals surface area contributed by atoms with Crippen molar-refractivity contribution in [3.05, 3.63) is 20.3 Å². The number of aromatic nitrogens is 2. The first-order valence-corrected chi connectivity index (χ1v) is 5.95. The van der Waals surface area contributed by atoms with Gasteiger partial charge in [-0.15, -0.1) is 0 Å². The van der Waals surface area contributed by atoms with Gasteiger partial charge in [0.1, 0.15) is 9.39 Å². The highest BCUT2D eigenvalue weighted by molar-refractivity contribution is 14.1. The van der Waals surface area contributed by atoms with E-state index >= 15 is 0 Å². The Labute approximate surface area is 107 Å². The van der Waals surface area contributed by atoms with Gasteiger partial charge in [-0.05, 0) is 22.6 Å². The van der Waals surface area contributed by atoms with Gasteiger partial charge in [0.25, 0.3) is 5.56 Å². The van der Waals surface area contributed by atoms with Crippen LogP contribution in [0.15, 0.2) is 11.1 Å². The third-order valence-electron chi connectivity index (χ3n) is 2.04. The Kier molecular flexibility index (Phi) is 5.71. The summed E-state index contributed by atoms with van der Waals surface area (Å²) in [5.74, 6) is 0.659. The van der Waals surface area contributed by atoms with Crippen LogP contribution in [0, 0.1) is 3.57 Å². The Morgan fingerprint density at radius 2 is 2.38 bits per heavy atom. The van der Waals surface area contributed by atoms with E-state index in [4.69, 9.17) is 10.5 Å². The lowest BCUT2D eigenvalue weighted by Crippen LogP contribution is -2.35. The van der Waals surface area contributed by atoms with Crippen LogP contribution < -0.4 is 16.2 Å². The molecule has 0 bridgehead atoms. The van der Waals surface area contributed by atoms with Crippen molar-refractivity contribution in [1.82, 2.24) is 9.97 Å². The second kappa shape index (κ2) is 6.81. The molecule has 0 radical (unpaired) electrons. The summed E-state index contributed by atoms with van der Waals surface area (Å²) in [7, 11) is 1.64. The van der Waals surface area contributed by atoms with Gasteiger partial charge in [-0.3, -0.25) is 4.79 Å². The smallest absolute Gasteiger partial charge is 0.266 e. The lowest BCUT2D eigenvalue weighted by atomic mass is 10.4. The van der Waals surface area contributed by atoms with E-state index in [1.54, 1.807) is 7.11 Å². The summed E-state index contributed by atoms with van der Waals surface area (Å²) in [6.07, 6.45) is 1.40. The van der Waals surface area contributed by atoms with Crippen molar-refractivity contribution in [2.24, 2.45) is 5.73 Å². The number of rotatable bonds is 6. The number of nitrogens with one attached hydrogen (secondary N) is 1. The number of aromatic amines is 1. The molecule has 1 rings (SSSR count). The summed E-state index contributed by atoms with van der Waals surface area (Å²) in [5, 5.41) is 0. The Balaban J connectivity index is 2.91. The number of ether oxygens (including phenoxy) is 1. The maximum Gasteiger partial charge on any atom is 0.266 e. The second-order valence-electron chi connectivity index (χ2n) is 3.14. The standard InChI is InChI=1S/C9H15IN4O2/c1-16-5-4-14(3-2-11)8-7(10)9(15)13-6-12-8/h6H,2-5,11H2,1H3,(H,12,13,15). The van der Waals surface area contributed by atoms with E-state index in [0.29, 0.717) is 35.6 Å².